The number of carbonyl (C=O) groups is 1. The normalized spacial score (nSPS) is 18.9. The largest absolute Gasteiger partial charge is 0.332 e. The van der Waals surface area contributed by atoms with Gasteiger partial charge in [-0.2, -0.15) is 0 Å². The third kappa shape index (κ3) is 6.92. The van der Waals surface area contributed by atoms with Crippen molar-refractivity contribution in [3.63, 3.8) is 0 Å². The lowest BCUT2D eigenvalue weighted by atomic mass is 9.81. The van der Waals surface area contributed by atoms with Gasteiger partial charge in [0.2, 0.25) is 5.91 Å². The molecule has 2 aliphatic heterocycles. The molecular weight excluding hydrogens is 527 g/mol. The van der Waals surface area contributed by atoms with Crippen LogP contribution in [-0.4, -0.2) is 53.5 Å². The molecule has 0 aromatic heterocycles. The van der Waals surface area contributed by atoms with Crippen LogP contribution in [0.4, 0.5) is 8.78 Å². The molecule has 2 fully saturated rings. The molecule has 2 saturated heterocycles. The quantitative estimate of drug-likeness (QED) is 0.418. The Morgan fingerprint density at radius 1 is 0.816 bits per heavy atom. The fourth-order valence-electron chi connectivity index (χ4n) is 5.82. The SMILES string of the molecule is Cl.Cl.O=C([C@@H]1CCCN1Cc1ccccc1)N1CCNCC1(Cc1ccc(F)cc1)Cc1ccc(F)cc1. The number of hydrogen-bond acceptors (Lipinski definition) is 3. The molecule has 0 bridgehead atoms. The standard InChI is InChI=1S/C30H33F2N3O.2ClH/c31-26-12-8-23(9-13-26)19-30(20-24-10-14-27(32)15-11-24)22-33-16-18-35(30)29(36)28-7-4-17-34(28)21-25-5-2-1-3-6-25;;/h1-3,5-6,8-15,28,33H,4,7,16-22H2;2*1H/t28-;;/m0../s1. The maximum atomic E-state index is 14.2. The van der Waals surface area contributed by atoms with Crippen LogP contribution in [0.1, 0.15) is 29.5 Å². The van der Waals surface area contributed by atoms with Crippen molar-refractivity contribution in [3.05, 3.63) is 107 Å². The molecule has 2 aliphatic rings. The van der Waals surface area contributed by atoms with Crippen molar-refractivity contribution in [3.8, 4) is 0 Å². The molecule has 0 radical (unpaired) electrons. The van der Waals surface area contributed by atoms with E-state index in [1.807, 2.05) is 18.2 Å². The fraction of sp³-hybridized carbons (Fsp3) is 0.367. The van der Waals surface area contributed by atoms with Gasteiger partial charge in [-0.1, -0.05) is 54.6 Å². The van der Waals surface area contributed by atoms with Crippen molar-refractivity contribution in [1.29, 1.82) is 0 Å². The second-order valence-corrected chi connectivity index (χ2v) is 10.1. The molecule has 0 aliphatic carbocycles. The van der Waals surface area contributed by atoms with Crippen molar-refractivity contribution in [2.75, 3.05) is 26.2 Å². The van der Waals surface area contributed by atoms with Crippen LogP contribution in [-0.2, 0) is 24.2 Å². The number of benzene rings is 3. The van der Waals surface area contributed by atoms with Crippen LogP contribution in [0.3, 0.4) is 0 Å². The van der Waals surface area contributed by atoms with Crippen LogP contribution in [0, 0.1) is 11.6 Å². The Bertz CT molecular complexity index is 1110. The topological polar surface area (TPSA) is 35.6 Å². The molecule has 0 unspecified atom stereocenters. The average molecular weight is 563 g/mol. The minimum atomic E-state index is -0.536. The van der Waals surface area contributed by atoms with E-state index >= 15 is 0 Å². The van der Waals surface area contributed by atoms with Gasteiger partial charge in [0.15, 0.2) is 0 Å². The summed E-state index contributed by atoms with van der Waals surface area (Å²) in [4.78, 5) is 18.6. The first-order chi connectivity index (χ1) is 17.5. The Hall–Kier alpha value is -2.51. The van der Waals surface area contributed by atoms with E-state index in [2.05, 4.69) is 27.2 Å². The van der Waals surface area contributed by atoms with Gasteiger partial charge in [0.05, 0.1) is 11.6 Å². The lowest BCUT2D eigenvalue weighted by molar-refractivity contribution is -0.144. The summed E-state index contributed by atoms with van der Waals surface area (Å²) >= 11 is 0. The fourth-order valence-corrected chi connectivity index (χ4v) is 5.82. The Balaban J connectivity index is 0.00000200. The average Bonchev–Trinajstić information content (AvgIpc) is 3.35. The molecule has 0 spiro atoms. The number of nitrogens with one attached hydrogen (secondary N) is 1. The summed E-state index contributed by atoms with van der Waals surface area (Å²) in [6.07, 6.45) is 3.03. The number of rotatable bonds is 7. The number of likely N-dealkylation sites (tertiary alicyclic amines) is 1. The van der Waals surface area contributed by atoms with E-state index in [0.29, 0.717) is 25.9 Å². The maximum absolute atomic E-state index is 14.2. The smallest absolute Gasteiger partial charge is 0.240 e. The van der Waals surface area contributed by atoms with Gasteiger partial charge >= 0.3 is 0 Å². The van der Waals surface area contributed by atoms with Crippen LogP contribution in [0.5, 0.6) is 0 Å². The molecule has 1 N–H and O–H groups in total. The van der Waals surface area contributed by atoms with Gasteiger partial charge in [0.1, 0.15) is 11.6 Å². The summed E-state index contributed by atoms with van der Waals surface area (Å²) in [5, 5.41) is 3.51. The van der Waals surface area contributed by atoms with E-state index in [-0.39, 0.29) is 48.4 Å². The first-order valence-electron chi connectivity index (χ1n) is 12.8. The molecule has 1 atom stereocenters. The molecule has 4 nitrogen and oxygen atoms in total. The maximum Gasteiger partial charge on any atom is 0.240 e. The van der Waals surface area contributed by atoms with E-state index < -0.39 is 5.54 Å². The zero-order chi connectivity index (χ0) is 25.0. The second-order valence-electron chi connectivity index (χ2n) is 10.1. The molecule has 1 amide bonds. The molecule has 204 valence electrons. The molecule has 3 aromatic rings. The summed E-state index contributed by atoms with van der Waals surface area (Å²) in [6.45, 7) is 3.62. The zero-order valence-electron chi connectivity index (χ0n) is 21.3. The molecule has 5 rings (SSSR count). The van der Waals surface area contributed by atoms with Crippen LogP contribution in [0.2, 0.25) is 0 Å². The number of carbonyl (C=O) groups excluding carboxylic acids is 1. The van der Waals surface area contributed by atoms with Crippen molar-refractivity contribution in [1.82, 2.24) is 15.1 Å². The monoisotopic (exact) mass is 561 g/mol. The minimum absolute atomic E-state index is 0. The lowest BCUT2D eigenvalue weighted by Gasteiger charge is -2.49. The second kappa shape index (κ2) is 13.5. The summed E-state index contributed by atoms with van der Waals surface area (Å²) in [5.74, 6) is -0.388. The summed E-state index contributed by atoms with van der Waals surface area (Å²) in [5.41, 5.74) is 2.63. The van der Waals surface area contributed by atoms with Crippen LogP contribution >= 0.6 is 24.8 Å². The van der Waals surface area contributed by atoms with Crippen molar-refractivity contribution in [2.45, 2.75) is 43.8 Å². The number of hydrogen-bond donors (Lipinski definition) is 1. The predicted molar refractivity (Wildman–Crippen MR) is 152 cm³/mol. The Labute approximate surface area is 236 Å². The number of halogens is 4. The van der Waals surface area contributed by atoms with E-state index in [1.165, 1.54) is 29.8 Å². The third-order valence-corrected chi connectivity index (χ3v) is 7.57. The highest BCUT2D eigenvalue weighted by Crippen LogP contribution is 2.32. The van der Waals surface area contributed by atoms with Gasteiger partial charge in [-0.05, 0) is 73.2 Å². The molecule has 0 saturated carbocycles. The van der Waals surface area contributed by atoms with Gasteiger partial charge in [-0.3, -0.25) is 9.69 Å². The number of amides is 1. The third-order valence-electron chi connectivity index (χ3n) is 7.57. The van der Waals surface area contributed by atoms with Crippen LogP contribution in [0.25, 0.3) is 0 Å². The van der Waals surface area contributed by atoms with E-state index in [0.717, 1.165) is 43.6 Å². The Morgan fingerprint density at radius 2 is 1.39 bits per heavy atom. The highest BCUT2D eigenvalue weighted by molar-refractivity contribution is 5.85. The van der Waals surface area contributed by atoms with Gasteiger partial charge < -0.3 is 10.2 Å². The Morgan fingerprint density at radius 3 is 1.97 bits per heavy atom. The molecule has 2 heterocycles. The number of piperazine rings is 1. The summed E-state index contributed by atoms with van der Waals surface area (Å²) in [6, 6.07) is 23.2. The minimum Gasteiger partial charge on any atom is -0.332 e. The molecule has 3 aromatic carbocycles. The highest BCUT2D eigenvalue weighted by atomic mass is 35.5. The Kier molecular flexibility index (Phi) is 10.7. The van der Waals surface area contributed by atoms with Gasteiger partial charge in [0.25, 0.3) is 0 Å². The van der Waals surface area contributed by atoms with Gasteiger partial charge in [-0.15, -0.1) is 24.8 Å². The molecular formula is C30H35Cl2F2N3O. The highest BCUT2D eigenvalue weighted by Gasteiger charge is 2.45. The van der Waals surface area contributed by atoms with Crippen molar-refractivity contribution < 1.29 is 13.6 Å². The predicted octanol–water partition coefficient (Wildman–Crippen LogP) is 5.43. The summed E-state index contributed by atoms with van der Waals surface area (Å²) < 4.78 is 27.3. The van der Waals surface area contributed by atoms with Gasteiger partial charge in [-0.25, -0.2) is 8.78 Å². The van der Waals surface area contributed by atoms with Gasteiger partial charge in [0, 0.05) is 26.2 Å². The summed E-state index contributed by atoms with van der Waals surface area (Å²) in [7, 11) is 0. The van der Waals surface area contributed by atoms with Crippen LogP contribution in [0.15, 0.2) is 78.9 Å². The van der Waals surface area contributed by atoms with E-state index in [1.54, 1.807) is 24.3 Å². The first-order valence-corrected chi connectivity index (χ1v) is 12.8. The molecule has 8 heteroatoms. The van der Waals surface area contributed by atoms with Crippen molar-refractivity contribution in [2.24, 2.45) is 0 Å². The van der Waals surface area contributed by atoms with Crippen molar-refractivity contribution >= 4 is 30.7 Å². The first kappa shape index (κ1) is 30.0. The lowest BCUT2D eigenvalue weighted by Crippen LogP contribution is -2.67. The van der Waals surface area contributed by atoms with E-state index in [9.17, 15) is 13.6 Å². The molecule has 38 heavy (non-hydrogen) atoms. The van der Waals surface area contributed by atoms with Crippen LogP contribution < -0.4 is 5.32 Å². The number of nitrogens with zero attached hydrogens (tertiary/aromatic N) is 2. The zero-order valence-corrected chi connectivity index (χ0v) is 23.0. The van der Waals surface area contributed by atoms with E-state index in [4.69, 9.17) is 0 Å².